The summed E-state index contributed by atoms with van der Waals surface area (Å²) in [6, 6.07) is 0. The summed E-state index contributed by atoms with van der Waals surface area (Å²) in [7, 11) is 6.15. The van der Waals surface area contributed by atoms with Gasteiger partial charge in [-0.25, -0.2) is 0 Å². The molecule has 0 aliphatic rings. The molecule has 0 aliphatic carbocycles. The normalized spacial score (nSPS) is 11.0. The van der Waals surface area contributed by atoms with Gasteiger partial charge in [0, 0.05) is 32.2 Å². The summed E-state index contributed by atoms with van der Waals surface area (Å²) in [6.07, 6.45) is 0. The van der Waals surface area contributed by atoms with E-state index in [4.69, 9.17) is 5.73 Å². The third-order valence-electron chi connectivity index (χ3n) is 3.01. The first-order valence-corrected chi connectivity index (χ1v) is 5.86. The molecule has 0 fully saturated rings. The first-order valence-electron chi connectivity index (χ1n) is 5.86. The third-order valence-corrected chi connectivity index (χ3v) is 3.01. The molecule has 0 saturated heterocycles. The Hall–Kier alpha value is -1.20. The van der Waals surface area contributed by atoms with Gasteiger partial charge in [0.25, 0.3) is 0 Å². The van der Waals surface area contributed by atoms with E-state index < -0.39 is 0 Å². The minimum atomic E-state index is 0.504. The Morgan fingerprint density at radius 2 is 1.71 bits per heavy atom. The van der Waals surface area contributed by atoms with Crippen molar-refractivity contribution in [3.8, 4) is 0 Å². The average molecular weight is 237 g/mol. The molecule has 5 heteroatoms. The number of rotatable bonds is 5. The van der Waals surface area contributed by atoms with E-state index in [1.165, 1.54) is 0 Å². The Kier molecular flexibility index (Phi) is 4.84. The second-order valence-electron chi connectivity index (χ2n) is 4.64. The maximum Gasteiger partial charge on any atom is 0.155 e. The topological polar surface area (TPSA) is 58.3 Å². The van der Waals surface area contributed by atoms with Crippen LogP contribution in [0.4, 0.5) is 5.82 Å². The molecule has 1 heterocycles. The molecule has 0 saturated carbocycles. The average Bonchev–Trinajstić information content (AvgIpc) is 2.29. The zero-order chi connectivity index (χ0) is 13.0. The predicted octanol–water partition coefficient (Wildman–Crippen LogP) is 0.550. The summed E-state index contributed by atoms with van der Waals surface area (Å²) in [5, 5.41) is 8.44. The van der Waals surface area contributed by atoms with E-state index in [1.807, 2.05) is 14.0 Å². The van der Waals surface area contributed by atoms with Gasteiger partial charge in [0.1, 0.15) is 0 Å². The minimum Gasteiger partial charge on any atom is -0.357 e. The fourth-order valence-corrected chi connectivity index (χ4v) is 1.65. The maximum atomic E-state index is 5.81. The number of aromatic nitrogens is 2. The number of aryl methyl sites for hydroxylation is 1. The van der Waals surface area contributed by atoms with E-state index in [0.717, 1.165) is 35.7 Å². The van der Waals surface area contributed by atoms with Crippen molar-refractivity contribution >= 4 is 5.82 Å². The van der Waals surface area contributed by atoms with Crippen LogP contribution in [0.25, 0.3) is 0 Å². The van der Waals surface area contributed by atoms with Crippen molar-refractivity contribution in [3.05, 3.63) is 16.8 Å². The number of nitrogens with zero attached hydrogens (tertiary/aromatic N) is 4. The van der Waals surface area contributed by atoms with Gasteiger partial charge in [-0.15, -0.1) is 5.10 Å². The van der Waals surface area contributed by atoms with Crippen molar-refractivity contribution in [2.45, 2.75) is 20.4 Å². The highest BCUT2D eigenvalue weighted by molar-refractivity contribution is 5.50. The van der Waals surface area contributed by atoms with Crippen molar-refractivity contribution in [3.63, 3.8) is 0 Å². The van der Waals surface area contributed by atoms with Crippen LogP contribution >= 0.6 is 0 Å². The van der Waals surface area contributed by atoms with Crippen LogP contribution in [0.3, 0.4) is 0 Å². The summed E-state index contributed by atoms with van der Waals surface area (Å²) in [4.78, 5) is 4.26. The molecule has 5 nitrogen and oxygen atoms in total. The van der Waals surface area contributed by atoms with E-state index in [2.05, 4.69) is 41.0 Å². The van der Waals surface area contributed by atoms with Gasteiger partial charge in [-0.2, -0.15) is 5.10 Å². The van der Waals surface area contributed by atoms with Gasteiger partial charge in [-0.1, -0.05) is 0 Å². The Morgan fingerprint density at radius 1 is 1.06 bits per heavy atom. The molecule has 0 unspecified atom stereocenters. The molecule has 1 rings (SSSR count). The minimum absolute atomic E-state index is 0.504. The molecule has 0 aliphatic heterocycles. The fraction of sp³-hybridized carbons (Fsp3) is 0.667. The monoisotopic (exact) mass is 237 g/mol. The molecular formula is C12H23N5. The molecule has 0 spiro atoms. The molecule has 2 N–H and O–H groups in total. The van der Waals surface area contributed by atoms with Gasteiger partial charge >= 0.3 is 0 Å². The van der Waals surface area contributed by atoms with E-state index >= 15 is 0 Å². The van der Waals surface area contributed by atoms with Crippen LogP contribution in [0.2, 0.25) is 0 Å². The second kappa shape index (κ2) is 5.93. The van der Waals surface area contributed by atoms with Gasteiger partial charge < -0.3 is 15.5 Å². The SMILES string of the molecule is Cc1nnc(N(C)CCN(C)C)c(CN)c1C. The summed E-state index contributed by atoms with van der Waals surface area (Å²) in [6.45, 7) is 6.41. The molecule has 1 aromatic rings. The number of nitrogens with two attached hydrogens (primary N) is 1. The van der Waals surface area contributed by atoms with Crippen LogP contribution < -0.4 is 10.6 Å². The molecule has 0 radical (unpaired) electrons. The lowest BCUT2D eigenvalue weighted by Gasteiger charge is -2.23. The van der Waals surface area contributed by atoms with E-state index in [1.54, 1.807) is 0 Å². The smallest absolute Gasteiger partial charge is 0.155 e. The van der Waals surface area contributed by atoms with E-state index in [9.17, 15) is 0 Å². The highest BCUT2D eigenvalue weighted by Gasteiger charge is 2.13. The van der Waals surface area contributed by atoms with Gasteiger partial charge in [0.05, 0.1) is 5.69 Å². The molecule has 0 aromatic carbocycles. The summed E-state index contributed by atoms with van der Waals surface area (Å²) in [5.41, 5.74) is 9.01. The maximum absolute atomic E-state index is 5.81. The lowest BCUT2D eigenvalue weighted by molar-refractivity contribution is 0.416. The number of anilines is 1. The van der Waals surface area contributed by atoms with E-state index in [0.29, 0.717) is 6.54 Å². The quantitative estimate of drug-likeness (QED) is 0.810. The first-order chi connectivity index (χ1) is 7.97. The summed E-state index contributed by atoms with van der Waals surface area (Å²) in [5.74, 6) is 0.900. The van der Waals surface area contributed by atoms with Crippen molar-refractivity contribution in [1.82, 2.24) is 15.1 Å². The third kappa shape index (κ3) is 3.38. The number of likely N-dealkylation sites (N-methyl/N-ethyl adjacent to an activating group) is 2. The molecule has 0 amide bonds. The zero-order valence-corrected chi connectivity index (χ0v) is 11.5. The van der Waals surface area contributed by atoms with Crippen LogP contribution in [0.5, 0.6) is 0 Å². The molecule has 96 valence electrons. The Morgan fingerprint density at radius 3 is 2.24 bits per heavy atom. The summed E-state index contributed by atoms with van der Waals surface area (Å²) < 4.78 is 0. The van der Waals surface area contributed by atoms with E-state index in [-0.39, 0.29) is 0 Å². The largest absolute Gasteiger partial charge is 0.357 e. The Labute approximate surface area is 104 Å². The fourth-order valence-electron chi connectivity index (χ4n) is 1.65. The zero-order valence-electron chi connectivity index (χ0n) is 11.5. The second-order valence-corrected chi connectivity index (χ2v) is 4.64. The highest BCUT2D eigenvalue weighted by atomic mass is 15.3. The predicted molar refractivity (Wildman–Crippen MR) is 71.2 cm³/mol. The molecule has 17 heavy (non-hydrogen) atoms. The van der Waals surface area contributed by atoms with Crippen LogP contribution in [-0.4, -0.2) is 49.3 Å². The molecule has 0 atom stereocenters. The van der Waals surface area contributed by atoms with Crippen LogP contribution in [0, 0.1) is 13.8 Å². The van der Waals surface area contributed by atoms with Crippen molar-refractivity contribution in [1.29, 1.82) is 0 Å². The van der Waals surface area contributed by atoms with Gasteiger partial charge in [-0.3, -0.25) is 0 Å². The van der Waals surface area contributed by atoms with Crippen molar-refractivity contribution < 1.29 is 0 Å². The lowest BCUT2D eigenvalue weighted by atomic mass is 10.1. The first kappa shape index (κ1) is 13.9. The standard InChI is InChI=1S/C12H23N5/c1-9-10(2)14-15-12(11(9)8-13)17(5)7-6-16(3)4/h6-8,13H2,1-5H3. The van der Waals surface area contributed by atoms with Crippen molar-refractivity contribution in [2.24, 2.45) is 5.73 Å². The Bertz CT molecular complexity index is 375. The van der Waals surface area contributed by atoms with Crippen LogP contribution in [0.15, 0.2) is 0 Å². The van der Waals surface area contributed by atoms with Gasteiger partial charge in [0.2, 0.25) is 0 Å². The van der Waals surface area contributed by atoms with Crippen LogP contribution in [-0.2, 0) is 6.54 Å². The van der Waals surface area contributed by atoms with Crippen molar-refractivity contribution in [2.75, 3.05) is 39.1 Å². The molecular weight excluding hydrogens is 214 g/mol. The number of hydrogen-bond acceptors (Lipinski definition) is 5. The lowest BCUT2D eigenvalue weighted by Crippen LogP contribution is -2.30. The summed E-state index contributed by atoms with van der Waals surface area (Å²) >= 11 is 0. The molecule has 1 aromatic heterocycles. The Balaban J connectivity index is 2.93. The van der Waals surface area contributed by atoms with Crippen LogP contribution in [0.1, 0.15) is 16.8 Å². The van der Waals surface area contributed by atoms with Gasteiger partial charge in [-0.05, 0) is 33.5 Å². The highest BCUT2D eigenvalue weighted by Crippen LogP contribution is 2.20. The molecule has 0 bridgehead atoms. The number of hydrogen-bond donors (Lipinski definition) is 1. The van der Waals surface area contributed by atoms with Gasteiger partial charge in [0.15, 0.2) is 5.82 Å².